The number of rotatable bonds is 3. The summed E-state index contributed by atoms with van der Waals surface area (Å²) in [5.74, 6) is -1.31. The number of hydrogen-bond donors (Lipinski definition) is 1. The first-order chi connectivity index (χ1) is 9.88. The van der Waals surface area contributed by atoms with Gasteiger partial charge in [-0.3, -0.25) is 14.5 Å². The number of nitrogens with one attached hydrogen (secondary N) is 1. The van der Waals surface area contributed by atoms with Gasteiger partial charge in [-0.2, -0.15) is 0 Å². The molecular weight excluding hydrogens is 295 g/mol. The molecule has 0 aliphatic carbocycles. The first-order valence-corrected chi connectivity index (χ1v) is 7.33. The van der Waals surface area contributed by atoms with Crippen LogP contribution >= 0.6 is 11.6 Å². The molecule has 4 nitrogen and oxygen atoms in total. The van der Waals surface area contributed by atoms with Crippen LogP contribution in [0.3, 0.4) is 0 Å². The molecule has 2 amide bonds. The Balaban J connectivity index is 2.55. The van der Waals surface area contributed by atoms with Crippen molar-refractivity contribution in [3.63, 3.8) is 0 Å². The molecule has 2 atom stereocenters. The fourth-order valence-corrected chi connectivity index (χ4v) is 2.79. The molecule has 21 heavy (non-hydrogen) atoms. The molecule has 2 unspecified atom stereocenters. The number of piperazine rings is 1. The molecule has 0 aromatic heterocycles. The maximum absolute atomic E-state index is 14.2. The van der Waals surface area contributed by atoms with Crippen molar-refractivity contribution in [1.29, 1.82) is 0 Å². The highest BCUT2D eigenvalue weighted by Crippen LogP contribution is 2.33. The van der Waals surface area contributed by atoms with Crippen molar-refractivity contribution >= 4 is 29.1 Å². The maximum Gasteiger partial charge on any atom is 0.250 e. The standard InChI is InChI=1S/C15H18ClFN2O2/c1-4-11-14(20)18-12(8(2)3)15(21)19(11)13-9(16)6-5-7-10(13)17/h5-8,11-12H,4H2,1-3H3,(H,18,20). The van der Waals surface area contributed by atoms with Crippen LogP contribution in [-0.2, 0) is 9.59 Å². The summed E-state index contributed by atoms with van der Waals surface area (Å²) in [5, 5.41) is 2.83. The third-order valence-corrected chi connectivity index (χ3v) is 3.95. The van der Waals surface area contributed by atoms with E-state index in [1.54, 1.807) is 6.92 Å². The second kappa shape index (κ2) is 6.02. The van der Waals surface area contributed by atoms with Gasteiger partial charge in [-0.05, 0) is 24.5 Å². The van der Waals surface area contributed by atoms with Crippen molar-refractivity contribution in [2.75, 3.05) is 4.90 Å². The SMILES string of the molecule is CCC1C(=O)NC(C(C)C)C(=O)N1c1c(F)cccc1Cl. The highest BCUT2D eigenvalue weighted by atomic mass is 35.5. The smallest absolute Gasteiger partial charge is 0.250 e. The topological polar surface area (TPSA) is 49.4 Å². The fourth-order valence-electron chi connectivity index (χ4n) is 2.54. The Bertz CT molecular complexity index is 557. The molecule has 1 aromatic carbocycles. The Morgan fingerprint density at radius 1 is 1.38 bits per heavy atom. The predicted octanol–water partition coefficient (Wildman–Crippen LogP) is 2.75. The van der Waals surface area contributed by atoms with Crippen molar-refractivity contribution in [2.45, 2.75) is 39.3 Å². The van der Waals surface area contributed by atoms with Crippen LogP contribution < -0.4 is 10.2 Å². The van der Waals surface area contributed by atoms with Gasteiger partial charge in [0.05, 0.1) is 10.7 Å². The fraction of sp³-hybridized carbons (Fsp3) is 0.467. The molecule has 1 aromatic rings. The molecule has 0 bridgehead atoms. The van der Waals surface area contributed by atoms with Crippen molar-refractivity contribution in [2.24, 2.45) is 5.92 Å². The summed E-state index contributed by atoms with van der Waals surface area (Å²) < 4.78 is 14.2. The van der Waals surface area contributed by atoms with Crippen LogP contribution in [0.4, 0.5) is 10.1 Å². The maximum atomic E-state index is 14.2. The number of halogens is 2. The molecule has 114 valence electrons. The molecule has 0 radical (unpaired) electrons. The molecule has 2 rings (SSSR count). The summed E-state index contributed by atoms with van der Waals surface area (Å²) in [7, 11) is 0. The molecule has 0 spiro atoms. The minimum atomic E-state index is -0.748. The van der Waals surface area contributed by atoms with Gasteiger partial charge >= 0.3 is 0 Å². The molecule has 1 aliphatic heterocycles. The summed E-state index contributed by atoms with van der Waals surface area (Å²) in [5.41, 5.74) is -0.0171. The number of anilines is 1. The molecule has 1 saturated heterocycles. The van der Waals surface area contributed by atoms with Crippen LogP contribution in [0.5, 0.6) is 0 Å². The average molecular weight is 313 g/mol. The van der Waals surface area contributed by atoms with Crippen LogP contribution in [-0.4, -0.2) is 23.9 Å². The Hall–Kier alpha value is -1.62. The minimum Gasteiger partial charge on any atom is -0.342 e. The van der Waals surface area contributed by atoms with Gasteiger partial charge < -0.3 is 5.32 Å². The predicted molar refractivity (Wildman–Crippen MR) is 79.7 cm³/mol. The molecule has 1 fully saturated rings. The van der Waals surface area contributed by atoms with Crippen LogP contribution in [0.25, 0.3) is 0 Å². The van der Waals surface area contributed by atoms with E-state index < -0.39 is 17.9 Å². The van der Waals surface area contributed by atoms with Crippen LogP contribution in [0.2, 0.25) is 5.02 Å². The second-order valence-corrected chi connectivity index (χ2v) is 5.84. The van der Waals surface area contributed by atoms with Gasteiger partial charge in [0.15, 0.2) is 0 Å². The monoisotopic (exact) mass is 312 g/mol. The summed E-state index contributed by atoms with van der Waals surface area (Å²) in [4.78, 5) is 26.1. The van der Waals surface area contributed by atoms with Gasteiger partial charge in [0, 0.05) is 0 Å². The molecule has 1 aliphatic rings. The number of benzene rings is 1. The zero-order valence-electron chi connectivity index (χ0n) is 12.2. The Morgan fingerprint density at radius 3 is 2.57 bits per heavy atom. The van der Waals surface area contributed by atoms with Gasteiger partial charge in [-0.25, -0.2) is 4.39 Å². The van der Waals surface area contributed by atoms with E-state index in [1.807, 2.05) is 13.8 Å². The van der Waals surface area contributed by atoms with Gasteiger partial charge in [0.2, 0.25) is 5.91 Å². The van der Waals surface area contributed by atoms with Crippen LogP contribution in [0.15, 0.2) is 18.2 Å². The summed E-state index contributed by atoms with van der Waals surface area (Å²) >= 11 is 6.06. The average Bonchev–Trinajstić information content (AvgIpc) is 2.41. The van der Waals surface area contributed by atoms with Gasteiger partial charge in [0.25, 0.3) is 5.91 Å². The zero-order valence-corrected chi connectivity index (χ0v) is 12.9. The van der Waals surface area contributed by atoms with Crippen molar-refractivity contribution in [1.82, 2.24) is 5.32 Å². The number of carbonyl (C=O) groups is 2. The Morgan fingerprint density at radius 2 is 2.05 bits per heavy atom. The zero-order chi connectivity index (χ0) is 15.7. The highest BCUT2D eigenvalue weighted by Gasteiger charge is 2.43. The lowest BCUT2D eigenvalue weighted by molar-refractivity contribution is -0.135. The number of carbonyl (C=O) groups excluding carboxylic acids is 2. The molecule has 0 saturated carbocycles. The summed E-state index contributed by atoms with van der Waals surface area (Å²) in [6.07, 6.45) is 0.382. The first kappa shape index (κ1) is 15.8. The third-order valence-electron chi connectivity index (χ3n) is 3.65. The lowest BCUT2D eigenvalue weighted by Gasteiger charge is -2.40. The second-order valence-electron chi connectivity index (χ2n) is 5.43. The van der Waals surface area contributed by atoms with Crippen LogP contribution in [0.1, 0.15) is 27.2 Å². The summed E-state index contributed by atoms with van der Waals surface area (Å²) in [6.45, 7) is 5.43. The molecule has 1 N–H and O–H groups in total. The van der Waals surface area contributed by atoms with E-state index in [-0.39, 0.29) is 28.4 Å². The van der Waals surface area contributed by atoms with E-state index in [2.05, 4.69) is 5.32 Å². The number of hydrogen-bond acceptors (Lipinski definition) is 2. The highest BCUT2D eigenvalue weighted by molar-refractivity contribution is 6.34. The number of amides is 2. The normalized spacial score (nSPS) is 22.7. The molecule has 6 heteroatoms. The van der Waals surface area contributed by atoms with Crippen molar-refractivity contribution in [3.05, 3.63) is 29.0 Å². The third kappa shape index (κ3) is 2.75. The number of nitrogens with zero attached hydrogens (tertiary/aromatic N) is 1. The molecule has 1 heterocycles. The lowest BCUT2D eigenvalue weighted by atomic mass is 9.96. The van der Waals surface area contributed by atoms with Gasteiger partial charge in [-0.15, -0.1) is 0 Å². The van der Waals surface area contributed by atoms with E-state index in [9.17, 15) is 14.0 Å². The lowest BCUT2D eigenvalue weighted by Crippen LogP contribution is -2.65. The summed E-state index contributed by atoms with van der Waals surface area (Å²) in [6, 6.07) is 2.80. The largest absolute Gasteiger partial charge is 0.342 e. The van der Waals surface area contributed by atoms with E-state index in [1.165, 1.54) is 23.1 Å². The van der Waals surface area contributed by atoms with Gasteiger partial charge in [0.1, 0.15) is 17.9 Å². The first-order valence-electron chi connectivity index (χ1n) is 6.96. The Kier molecular flexibility index (Phi) is 4.52. The van der Waals surface area contributed by atoms with Crippen LogP contribution in [0, 0.1) is 11.7 Å². The van der Waals surface area contributed by atoms with E-state index in [4.69, 9.17) is 11.6 Å². The molecular formula is C15H18ClFN2O2. The number of para-hydroxylation sites is 1. The minimum absolute atomic E-state index is 0.0171. The van der Waals surface area contributed by atoms with E-state index in [0.29, 0.717) is 6.42 Å². The van der Waals surface area contributed by atoms with Crippen molar-refractivity contribution < 1.29 is 14.0 Å². The van der Waals surface area contributed by atoms with E-state index >= 15 is 0 Å². The quantitative estimate of drug-likeness (QED) is 0.933. The Labute approximate surface area is 128 Å². The van der Waals surface area contributed by atoms with Crippen molar-refractivity contribution in [3.8, 4) is 0 Å². The van der Waals surface area contributed by atoms with E-state index in [0.717, 1.165) is 0 Å². The van der Waals surface area contributed by atoms with Gasteiger partial charge in [-0.1, -0.05) is 38.4 Å².